The molecule has 0 spiro atoms. The maximum atomic E-state index is 11.5. The molecule has 0 aromatic carbocycles. The molecular weight excluding hydrogens is 224 g/mol. The van der Waals surface area contributed by atoms with E-state index in [0.29, 0.717) is 5.56 Å². The van der Waals surface area contributed by atoms with Crippen molar-refractivity contribution in [1.29, 1.82) is 0 Å². The average molecular weight is 238 g/mol. The number of aliphatic carboxylic acids is 1. The van der Waals surface area contributed by atoms with Crippen LogP contribution < -0.4 is 5.73 Å². The summed E-state index contributed by atoms with van der Waals surface area (Å²) in [6, 6.07) is 3.16. The molecule has 1 aromatic rings. The Morgan fingerprint density at radius 3 is 2.76 bits per heavy atom. The molecule has 17 heavy (non-hydrogen) atoms. The lowest BCUT2D eigenvalue weighted by atomic mass is 9.88. The maximum Gasteiger partial charge on any atom is 0.357 e. The molecule has 0 aliphatic heterocycles. The van der Waals surface area contributed by atoms with Crippen molar-refractivity contribution in [2.75, 3.05) is 7.11 Å². The fraction of sp³-hybridized carbons (Fsp3) is 0.364. The second kappa shape index (κ2) is 4.92. The zero-order valence-corrected chi connectivity index (χ0v) is 9.64. The monoisotopic (exact) mass is 238 g/mol. The number of carbonyl (C=O) groups excluding carboxylic acids is 1. The van der Waals surface area contributed by atoms with Gasteiger partial charge in [0.05, 0.1) is 19.1 Å². The Balaban J connectivity index is 3.21. The summed E-state index contributed by atoms with van der Waals surface area (Å²) < 4.78 is 4.57. The number of nitrogens with zero attached hydrogens (tertiary/aromatic N) is 1. The highest BCUT2D eigenvalue weighted by Crippen LogP contribution is 2.24. The minimum atomic E-state index is -1.18. The van der Waals surface area contributed by atoms with Crippen molar-refractivity contribution in [2.45, 2.75) is 18.9 Å². The van der Waals surface area contributed by atoms with Crippen LogP contribution in [0.3, 0.4) is 0 Å². The number of ether oxygens (including phenoxy) is 1. The van der Waals surface area contributed by atoms with Gasteiger partial charge in [-0.1, -0.05) is 6.07 Å². The van der Waals surface area contributed by atoms with Crippen LogP contribution in [-0.2, 0) is 15.1 Å². The van der Waals surface area contributed by atoms with Crippen LogP contribution in [0.15, 0.2) is 18.3 Å². The molecule has 1 atom stereocenters. The van der Waals surface area contributed by atoms with Crippen LogP contribution >= 0.6 is 0 Å². The normalized spacial score (nSPS) is 13.8. The highest BCUT2D eigenvalue weighted by atomic mass is 16.5. The Bertz CT molecular complexity index is 443. The van der Waals surface area contributed by atoms with Gasteiger partial charge < -0.3 is 15.6 Å². The molecule has 1 heterocycles. The van der Waals surface area contributed by atoms with Crippen molar-refractivity contribution in [1.82, 2.24) is 4.98 Å². The lowest BCUT2D eigenvalue weighted by Crippen LogP contribution is -2.37. The molecular formula is C11H14N2O4. The van der Waals surface area contributed by atoms with E-state index in [1.807, 2.05) is 0 Å². The predicted molar refractivity (Wildman–Crippen MR) is 59.4 cm³/mol. The minimum absolute atomic E-state index is 0.0428. The number of pyridine rings is 1. The maximum absolute atomic E-state index is 11.5. The number of hydrogen-bond acceptors (Lipinski definition) is 5. The van der Waals surface area contributed by atoms with Crippen molar-refractivity contribution in [3.8, 4) is 0 Å². The minimum Gasteiger partial charge on any atom is -0.481 e. The third-order valence-electron chi connectivity index (χ3n) is 2.32. The van der Waals surface area contributed by atoms with Gasteiger partial charge in [0, 0.05) is 11.8 Å². The summed E-state index contributed by atoms with van der Waals surface area (Å²) in [4.78, 5) is 26.1. The van der Waals surface area contributed by atoms with E-state index >= 15 is 0 Å². The van der Waals surface area contributed by atoms with Crippen LogP contribution in [0.5, 0.6) is 0 Å². The summed E-state index contributed by atoms with van der Waals surface area (Å²) in [6.07, 6.45) is 1.12. The number of rotatable bonds is 4. The molecule has 0 saturated heterocycles. The molecule has 0 radical (unpaired) electrons. The number of carboxylic acid groups (broad SMARTS) is 1. The fourth-order valence-corrected chi connectivity index (χ4v) is 1.53. The van der Waals surface area contributed by atoms with Crippen LogP contribution in [0.2, 0.25) is 0 Å². The number of carboxylic acids is 1. The number of nitrogens with two attached hydrogens (primary N) is 1. The summed E-state index contributed by atoms with van der Waals surface area (Å²) in [5.41, 5.74) is 5.13. The third kappa shape index (κ3) is 3.01. The van der Waals surface area contributed by atoms with E-state index in [-0.39, 0.29) is 12.1 Å². The predicted octanol–water partition coefficient (Wildman–Crippen LogP) is 0.517. The standard InChI is InChI=1S/C11H14N2O4/c1-11(12,6-8(14)15)7-4-3-5-13-9(7)10(16)17-2/h3-5H,6,12H2,1-2H3,(H,14,15). The fourth-order valence-electron chi connectivity index (χ4n) is 1.53. The zero-order chi connectivity index (χ0) is 13.1. The summed E-state index contributed by atoms with van der Waals surface area (Å²) in [6.45, 7) is 1.53. The van der Waals surface area contributed by atoms with Crippen LogP contribution in [0.4, 0.5) is 0 Å². The van der Waals surface area contributed by atoms with Crippen molar-refractivity contribution in [3.05, 3.63) is 29.6 Å². The SMILES string of the molecule is COC(=O)c1ncccc1C(C)(N)CC(=O)O. The second-order valence-electron chi connectivity index (χ2n) is 3.88. The average Bonchev–Trinajstić information content (AvgIpc) is 2.26. The lowest BCUT2D eigenvalue weighted by Gasteiger charge is -2.24. The van der Waals surface area contributed by atoms with Crippen molar-refractivity contribution in [3.63, 3.8) is 0 Å². The van der Waals surface area contributed by atoms with E-state index in [0.717, 1.165) is 0 Å². The first-order valence-corrected chi connectivity index (χ1v) is 4.93. The first-order valence-electron chi connectivity index (χ1n) is 4.93. The molecule has 0 aliphatic rings. The van der Waals surface area contributed by atoms with Crippen LogP contribution in [-0.4, -0.2) is 29.1 Å². The Kier molecular flexibility index (Phi) is 3.80. The molecule has 6 heteroatoms. The smallest absolute Gasteiger partial charge is 0.357 e. The van der Waals surface area contributed by atoms with E-state index in [2.05, 4.69) is 9.72 Å². The van der Waals surface area contributed by atoms with E-state index in [4.69, 9.17) is 10.8 Å². The van der Waals surface area contributed by atoms with E-state index in [9.17, 15) is 9.59 Å². The van der Waals surface area contributed by atoms with E-state index in [1.54, 1.807) is 12.1 Å². The molecule has 3 N–H and O–H groups in total. The third-order valence-corrected chi connectivity index (χ3v) is 2.32. The second-order valence-corrected chi connectivity index (χ2v) is 3.88. The molecule has 0 fully saturated rings. The highest BCUT2D eigenvalue weighted by Gasteiger charge is 2.30. The number of aromatic nitrogens is 1. The van der Waals surface area contributed by atoms with Gasteiger partial charge in [-0.3, -0.25) is 4.79 Å². The highest BCUT2D eigenvalue weighted by molar-refractivity contribution is 5.89. The van der Waals surface area contributed by atoms with E-state index in [1.165, 1.54) is 20.2 Å². The summed E-state index contributed by atoms with van der Waals surface area (Å²) in [5, 5.41) is 8.78. The van der Waals surface area contributed by atoms with Gasteiger partial charge in [-0.05, 0) is 13.0 Å². The molecule has 1 rings (SSSR count). The molecule has 6 nitrogen and oxygen atoms in total. The van der Waals surface area contributed by atoms with Gasteiger partial charge in [0.15, 0.2) is 5.69 Å². The molecule has 0 amide bonds. The Labute approximate surface area is 98.4 Å². The Morgan fingerprint density at radius 1 is 1.59 bits per heavy atom. The van der Waals surface area contributed by atoms with Crippen LogP contribution in [0.1, 0.15) is 29.4 Å². The van der Waals surface area contributed by atoms with Gasteiger partial charge in [-0.15, -0.1) is 0 Å². The first-order chi connectivity index (χ1) is 7.88. The number of esters is 1. The molecule has 92 valence electrons. The first kappa shape index (κ1) is 13.1. The number of hydrogen-bond donors (Lipinski definition) is 2. The summed E-state index contributed by atoms with van der Waals surface area (Å²) in [5.74, 6) is -1.68. The molecule has 0 bridgehead atoms. The molecule has 1 unspecified atom stereocenters. The van der Waals surface area contributed by atoms with Gasteiger partial charge in [0.25, 0.3) is 0 Å². The largest absolute Gasteiger partial charge is 0.481 e. The zero-order valence-electron chi connectivity index (χ0n) is 9.64. The van der Waals surface area contributed by atoms with Gasteiger partial charge in [-0.2, -0.15) is 0 Å². The lowest BCUT2D eigenvalue weighted by molar-refractivity contribution is -0.138. The van der Waals surface area contributed by atoms with Gasteiger partial charge in [-0.25, -0.2) is 9.78 Å². The Hall–Kier alpha value is -1.95. The Morgan fingerprint density at radius 2 is 2.24 bits per heavy atom. The van der Waals surface area contributed by atoms with Gasteiger partial charge >= 0.3 is 11.9 Å². The topological polar surface area (TPSA) is 103 Å². The quantitative estimate of drug-likeness (QED) is 0.741. The van der Waals surface area contributed by atoms with E-state index < -0.39 is 17.5 Å². The number of carbonyl (C=O) groups is 2. The van der Waals surface area contributed by atoms with Crippen LogP contribution in [0, 0.1) is 0 Å². The van der Waals surface area contributed by atoms with Gasteiger partial charge in [0.1, 0.15) is 0 Å². The van der Waals surface area contributed by atoms with Crippen molar-refractivity contribution < 1.29 is 19.4 Å². The van der Waals surface area contributed by atoms with Crippen molar-refractivity contribution in [2.24, 2.45) is 5.73 Å². The van der Waals surface area contributed by atoms with Gasteiger partial charge in [0.2, 0.25) is 0 Å². The summed E-state index contributed by atoms with van der Waals surface area (Å²) in [7, 11) is 1.23. The molecule has 0 aliphatic carbocycles. The van der Waals surface area contributed by atoms with Crippen molar-refractivity contribution >= 4 is 11.9 Å². The van der Waals surface area contributed by atoms with Crippen LogP contribution in [0.25, 0.3) is 0 Å². The summed E-state index contributed by atoms with van der Waals surface area (Å²) >= 11 is 0. The molecule has 1 aromatic heterocycles. The number of methoxy groups -OCH3 is 1. The molecule has 0 saturated carbocycles.